The first-order chi connectivity index (χ1) is 4.91. The smallest absolute Gasteiger partial charge is 0.288 e. The maximum absolute atomic E-state index is 10.4. The fraction of sp³-hybridized carbons (Fsp3) is 0.500. The van der Waals surface area contributed by atoms with E-state index in [-0.39, 0.29) is 0 Å². The van der Waals surface area contributed by atoms with Crippen LogP contribution in [0.3, 0.4) is 0 Å². The summed E-state index contributed by atoms with van der Waals surface area (Å²) in [6, 6.07) is 0. The highest BCUT2D eigenvalue weighted by molar-refractivity contribution is 7.86. The number of carbonyl (C=O) groups excluding carboxylic acids is 2. The molecule has 1 aliphatic rings. The largest absolute Gasteiger partial charge is 0.331 e. The van der Waals surface area contributed by atoms with E-state index in [2.05, 4.69) is 0 Å². The molecule has 7 heteroatoms. The van der Waals surface area contributed by atoms with Crippen molar-refractivity contribution in [3.05, 3.63) is 0 Å². The Morgan fingerprint density at radius 1 is 1.45 bits per heavy atom. The van der Waals surface area contributed by atoms with E-state index in [1.807, 2.05) is 5.32 Å². The van der Waals surface area contributed by atoms with Crippen LogP contribution in [0.1, 0.15) is 6.42 Å². The molecule has 0 spiro atoms. The van der Waals surface area contributed by atoms with Crippen molar-refractivity contribution in [2.75, 3.05) is 0 Å². The van der Waals surface area contributed by atoms with Crippen molar-refractivity contribution in [3.63, 3.8) is 0 Å². The van der Waals surface area contributed by atoms with E-state index in [9.17, 15) is 18.0 Å². The molecule has 1 rings (SSSR count). The molecule has 62 valence electrons. The maximum atomic E-state index is 10.4. The number of hydrogen-bond donors (Lipinski definition) is 2. The van der Waals surface area contributed by atoms with Gasteiger partial charge in [-0.2, -0.15) is 8.42 Å². The molecule has 1 amide bonds. The number of amides is 1. The van der Waals surface area contributed by atoms with Gasteiger partial charge in [0, 0.05) is 0 Å². The van der Waals surface area contributed by atoms with Gasteiger partial charge in [0.05, 0.1) is 6.42 Å². The minimum Gasteiger partial charge on any atom is -0.331 e. The van der Waals surface area contributed by atoms with Gasteiger partial charge in [0.2, 0.25) is 5.78 Å². The Morgan fingerprint density at radius 2 is 2.00 bits per heavy atom. The van der Waals surface area contributed by atoms with E-state index in [0.29, 0.717) is 0 Å². The Morgan fingerprint density at radius 3 is 2.18 bits per heavy atom. The van der Waals surface area contributed by atoms with Gasteiger partial charge < -0.3 is 5.32 Å². The number of nitrogens with one attached hydrogen (secondary N) is 1. The molecule has 2 N–H and O–H groups in total. The van der Waals surface area contributed by atoms with Crippen molar-refractivity contribution in [2.45, 2.75) is 11.8 Å². The lowest BCUT2D eigenvalue weighted by Gasteiger charge is -2.01. The van der Waals surface area contributed by atoms with E-state index in [0.717, 1.165) is 0 Å². The SMILES string of the molecule is O=C1CC(S(=O)(=O)O)NC1=O. The third-order valence-electron chi connectivity index (χ3n) is 1.28. The average molecular weight is 179 g/mol. The van der Waals surface area contributed by atoms with E-state index in [4.69, 9.17) is 4.55 Å². The fourth-order valence-corrected chi connectivity index (χ4v) is 1.34. The van der Waals surface area contributed by atoms with Crippen molar-refractivity contribution in [2.24, 2.45) is 0 Å². The van der Waals surface area contributed by atoms with Crippen molar-refractivity contribution in [1.82, 2.24) is 5.32 Å². The zero-order chi connectivity index (χ0) is 8.65. The van der Waals surface area contributed by atoms with Crippen LogP contribution in [0.5, 0.6) is 0 Å². The molecule has 1 unspecified atom stereocenters. The first kappa shape index (κ1) is 8.15. The highest BCUT2D eigenvalue weighted by Gasteiger charge is 2.37. The minimum atomic E-state index is -4.32. The number of rotatable bonds is 1. The van der Waals surface area contributed by atoms with Gasteiger partial charge in [0.1, 0.15) is 0 Å². The van der Waals surface area contributed by atoms with Crippen LogP contribution >= 0.6 is 0 Å². The molecule has 0 aliphatic carbocycles. The van der Waals surface area contributed by atoms with Gasteiger partial charge in [0.25, 0.3) is 16.0 Å². The molecule has 11 heavy (non-hydrogen) atoms. The van der Waals surface area contributed by atoms with Gasteiger partial charge in [-0.05, 0) is 0 Å². The first-order valence-electron chi connectivity index (χ1n) is 2.71. The molecule has 6 nitrogen and oxygen atoms in total. The van der Waals surface area contributed by atoms with Crippen molar-refractivity contribution in [3.8, 4) is 0 Å². The van der Waals surface area contributed by atoms with Crippen molar-refractivity contribution >= 4 is 21.8 Å². The molecule has 1 fully saturated rings. The lowest BCUT2D eigenvalue weighted by atomic mass is 10.3. The van der Waals surface area contributed by atoms with Crippen molar-refractivity contribution < 1.29 is 22.6 Å². The first-order valence-corrected chi connectivity index (χ1v) is 4.21. The second kappa shape index (κ2) is 2.28. The van der Waals surface area contributed by atoms with Crippen LogP contribution in [0.2, 0.25) is 0 Å². The molecule has 0 radical (unpaired) electrons. The van der Waals surface area contributed by atoms with Gasteiger partial charge in [-0.25, -0.2) is 0 Å². The Labute approximate surface area is 62.3 Å². The summed E-state index contributed by atoms with van der Waals surface area (Å²) >= 11 is 0. The Bertz CT molecular complexity index is 288. The number of carbonyl (C=O) groups is 2. The normalized spacial score (nSPS) is 25.4. The summed E-state index contributed by atoms with van der Waals surface area (Å²) in [6.45, 7) is 0. The molecular weight excluding hydrogens is 174 g/mol. The lowest BCUT2D eigenvalue weighted by molar-refractivity contribution is -0.135. The van der Waals surface area contributed by atoms with Crippen LogP contribution in [0.25, 0.3) is 0 Å². The second-order valence-electron chi connectivity index (χ2n) is 2.10. The summed E-state index contributed by atoms with van der Waals surface area (Å²) in [5.74, 6) is -1.79. The summed E-state index contributed by atoms with van der Waals surface area (Å²) in [7, 11) is -4.32. The minimum absolute atomic E-state index is 0.488. The Hall–Kier alpha value is -0.950. The summed E-state index contributed by atoms with van der Waals surface area (Å²) in [5, 5.41) is 0.361. The number of Topliss-reactive ketones (excluding diaryl/α,β-unsaturated/α-hetero) is 1. The van der Waals surface area contributed by atoms with Crippen LogP contribution in [0.15, 0.2) is 0 Å². The molecule has 1 heterocycles. The standard InChI is InChI=1S/C4H5NO5S/c6-2-1-3(5-4(2)7)11(8,9)10/h3H,1H2,(H,5,7)(H,8,9,10). The average Bonchev–Trinajstić information content (AvgIpc) is 2.11. The second-order valence-corrected chi connectivity index (χ2v) is 3.70. The van der Waals surface area contributed by atoms with Crippen LogP contribution < -0.4 is 5.32 Å². The summed E-state index contributed by atoms with van der Waals surface area (Å²) < 4.78 is 29.0. The van der Waals surface area contributed by atoms with Gasteiger partial charge in [-0.15, -0.1) is 0 Å². The molecule has 1 saturated heterocycles. The third-order valence-corrected chi connectivity index (χ3v) is 2.28. The summed E-state index contributed by atoms with van der Waals surface area (Å²) in [6.07, 6.45) is -0.488. The monoisotopic (exact) mass is 179 g/mol. The topological polar surface area (TPSA) is 101 Å². The molecule has 0 bridgehead atoms. The highest BCUT2D eigenvalue weighted by Crippen LogP contribution is 2.07. The molecule has 0 aromatic heterocycles. The fourth-order valence-electron chi connectivity index (χ4n) is 0.719. The summed E-state index contributed by atoms with van der Waals surface area (Å²) in [4.78, 5) is 20.8. The van der Waals surface area contributed by atoms with Crippen LogP contribution in [-0.4, -0.2) is 30.0 Å². The molecule has 0 aromatic rings. The van der Waals surface area contributed by atoms with Gasteiger partial charge in [0.15, 0.2) is 5.37 Å². The van der Waals surface area contributed by atoms with Crippen molar-refractivity contribution in [1.29, 1.82) is 0 Å². The van der Waals surface area contributed by atoms with Gasteiger partial charge in [-0.1, -0.05) is 0 Å². The molecule has 0 saturated carbocycles. The highest BCUT2D eigenvalue weighted by atomic mass is 32.2. The number of ketones is 1. The number of hydrogen-bond acceptors (Lipinski definition) is 4. The molecule has 1 atom stereocenters. The lowest BCUT2D eigenvalue weighted by Crippen LogP contribution is -2.32. The molecular formula is C4H5NO5S. The van der Waals surface area contributed by atoms with Crippen LogP contribution in [0, 0.1) is 0 Å². The summed E-state index contributed by atoms with van der Waals surface area (Å²) in [5.41, 5.74) is 0. The molecule has 0 aromatic carbocycles. The van der Waals surface area contributed by atoms with Gasteiger partial charge in [-0.3, -0.25) is 14.1 Å². The zero-order valence-electron chi connectivity index (χ0n) is 5.27. The van der Waals surface area contributed by atoms with Crippen LogP contribution in [-0.2, 0) is 19.7 Å². The van der Waals surface area contributed by atoms with E-state index < -0.39 is 33.6 Å². The van der Waals surface area contributed by atoms with Gasteiger partial charge >= 0.3 is 0 Å². The Balaban J connectivity index is 2.85. The third kappa shape index (κ3) is 1.55. The molecule has 1 aliphatic heterocycles. The van der Waals surface area contributed by atoms with Crippen LogP contribution in [0.4, 0.5) is 0 Å². The van der Waals surface area contributed by atoms with E-state index in [1.165, 1.54) is 0 Å². The Kier molecular flexibility index (Phi) is 1.69. The zero-order valence-corrected chi connectivity index (χ0v) is 6.09. The predicted octanol–water partition coefficient (Wildman–Crippen LogP) is -1.71. The predicted molar refractivity (Wildman–Crippen MR) is 33.1 cm³/mol. The maximum Gasteiger partial charge on any atom is 0.288 e. The quantitative estimate of drug-likeness (QED) is 0.368. The van der Waals surface area contributed by atoms with E-state index >= 15 is 0 Å². The van der Waals surface area contributed by atoms with E-state index in [1.54, 1.807) is 0 Å².